The highest BCUT2D eigenvalue weighted by atomic mass is 32.2. The van der Waals surface area contributed by atoms with Crippen LogP contribution in [0.1, 0.15) is 172 Å². The van der Waals surface area contributed by atoms with E-state index in [2.05, 4.69) is 60.9 Å². The first kappa shape index (κ1) is 116. The van der Waals surface area contributed by atoms with Crippen LogP contribution in [0.4, 0.5) is 14.4 Å². The Balaban J connectivity index is 0.000000432. The smallest absolute Gasteiger partial charge is 0.409 e. The third kappa shape index (κ3) is 49.6. The van der Waals surface area contributed by atoms with Crippen molar-refractivity contribution in [2.75, 3.05) is 90.4 Å². The Morgan fingerprint density at radius 2 is 0.630 bits per heavy atom. The molecule has 0 aliphatic carbocycles. The molecule has 3 heterocycles. The molecule has 54 nitrogen and oxygen atoms in total. The third-order valence-corrected chi connectivity index (χ3v) is 21.7. The Morgan fingerprint density at radius 1 is 0.355 bits per heavy atom. The number of thioether (sulfide) groups is 1. The number of nitrogens with zero attached hydrogens (tertiary/aromatic N) is 9. The molecule has 3 aromatic carbocycles. The van der Waals surface area contributed by atoms with Crippen molar-refractivity contribution in [2.24, 2.45) is 0 Å². The zero-order valence-electron chi connectivity index (χ0n) is 76.4. The van der Waals surface area contributed by atoms with Gasteiger partial charge < -0.3 is 88.9 Å². The highest BCUT2D eigenvalue weighted by molar-refractivity contribution is 7.99. The van der Waals surface area contributed by atoms with Gasteiger partial charge >= 0.3 is 54.1 Å². The third-order valence-electron chi connectivity index (χ3n) is 20.8. The van der Waals surface area contributed by atoms with Crippen molar-refractivity contribution >= 4 is 83.6 Å². The number of nitrogens with one attached hydrogen (secondary N) is 6. The number of amides is 6. The van der Waals surface area contributed by atoms with Crippen LogP contribution in [0.25, 0.3) is 0 Å². The van der Waals surface area contributed by atoms with E-state index in [9.17, 15) is 134 Å². The number of hydrogen-bond donors (Lipinski definition) is 9. The van der Waals surface area contributed by atoms with Crippen LogP contribution in [-0.4, -0.2) is 296 Å². The molecule has 138 heavy (non-hydrogen) atoms. The van der Waals surface area contributed by atoms with Gasteiger partial charge in [-0.15, -0.1) is 60.7 Å². The summed E-state index contributed by atoms with van der Waals surface area (Å²) in [6.45, 7) is 4.06. The topological polar surface area (TPSA) is 717 Å². The van der Waals surface area contributed by atoms with Crippen molar-refractivity contribution in [3.05, 3.63) is 168 Å². The Kier molecular flexibility index (Phi) is 56.1. The number of carbonyl (C=O) groups excluding carboxylic acids is 9. The van der Waals surface area contributed by atoms with E-state index in [1.165, 1.54) is 47.2 Å². The first-order chi connectivity index (χ1) is 65.9. The molecular formula is C83H121N15O39S. The van der Waals surface area contributed by atoms with Gasteiger partial charge in [-0.2, -0.15) is 11.8 Å². The van der Waals surface area contributed by atoms with Crippen LogP contribution in [0.15, 0.2) is 91.0 Å². The normalized spacial score (nSPS) is 16.0. The molecular weight excluding hydrogens is 1860 g/mol. The van der Waals surface area contributed by atoms with E-state index in [1.54, 1.807) is 0 Å². The average molecular weight is 1990 g/mol. The van der Waals surface area contributed by atoms with E-state index in [0.29, 0.717) is 121 Å². The number of carboxylic acid groups (broad SMARTS) is 3. The van der Waals surface area contributed by atoms with Crippen LogP contribution >= 0.6 is 11.8 Å². The quantitative estimate of drug-likeness (QED) is 0.00832. The van der Waals surface area contributed by atoms with Crippen LogP contribution < -0.4 is 31.9 Å². The zero-order chi connectivity index (χ0) is 102. The molecule has 12 unspecified atom stereocenters. The molecule has 6 amide bonds. The summed E-state index contributed by atoms with van der Waals surface area (Å²) in [4.78, 5) is 243. The number of ether oxygens (including phenoxy) is 6. The number of rotatable bonds is 66. The molecule has 0 saturated carbocycles. The molecule has 0 radical (unpaired) electrons. The van der Waals surface area contributed by atoms with Gasteiger partial charge in [-0.1, -0.05) is 91.0 Å². The maximum absolute atomic E-state index is 13.8. The molecule has 3 aliphatic rings. The maximum Gasteiger partial charge on any atom is 0.409 e. The number of likely N-dealkylation sites (tertiary alicyclic amines) is 3. The second-order valence-electron chi connectivity index (χ2n) is 31.0. The lowest BCUT2D eigenvalue weighted by Gasteiger charge is -2.30. The van der Waals surface area contributed by atoms with Gasteiger partial charge in [-0.3, -0.25) is 59.2 Å². The fourth-order valence-electron chi connectivity index (χ4n) is 14.3. The predicted octanol–water partition coefficient (Wildman–Crippen LogP) is 5.58. The van der Waals surface area contributed by atoms with Crippen molar-refractivity contribution in [2.45, 2.75) is 248 Å². The Labute approximate surface area is 794 Å². The number of unbranched alkanes of at least 4 members (excludes halogenated alkanes) is 4. The number of benzene rings is 3. The fourth-order valence-corrected chi connectivity index (χ4v) is 14.9. The highest BCUT2D eigenvalue weighted by Gasteiger charge is 2.43. The average Bonchev–Trinajstić information content (AvgIpc) is 1.68. The summed E-state index contributed by atoms with van der Waals surface area (Å²) in [6, 6.07) is 19.1. The van der Waals surface area contributed by atoms with Gasteiger partial charge in [-0.25, -0.2) is 28.8 Å². The summed E-state index contributed by atoms with van der Waals surface area (Å²) in [7, 11) is 0. The number of carbonyl (C=O) groups is 12. The minimum atomic E-state index is -1.41. The molecule has 3 aromatic rings. The molecule has 55 heteroatoms. The van der Waals surface area contributed by atoms with E-state index >= 15 is 0 Å². The lowest BCUT2D eigenvalue weighted by molar-refractivity contribution is -0.777. The summed E-state index contributed by atoms with van der Waals surface area (Å²) >= 11 is 1.30. The van der Waals surface area contributed by atoms with Crippen molar-refractivity contribution in [3.63, 3.8) is 0 Å². The van der Waals surface area contributed by atoms with Crippen LogP contribution in [-0.2, 0) is 120 Å². The number of aliphatic carboxylic acids is 3. The van der Waals surface area contributed by atoms with Crippen LogP contribution in [0.5, 0.6) is 0 Å². The summed E-state index contributed by atoms with van der Waals surface area (Å²) < 4.78 is 30.0. The second kappa shape index (κ2) is 66.5. The standard InChI is InChI=1S/C28H41N5O13S.C28H41N5O13.C27H39N5O13/c1-20(46-33(41)42)45-28(38)29-14-6-5-10-22(30-23(26(35)36)13-12-21-8-3-2-4-9-21)25(34)31-15-7-11-24(31)27(37)43-16-18-47-19-17-44-32(39)40;1-20(46-33(41)42)45-28(38)29-16-6-5-12-22(30-23(26(35)36)15-14-21-10-3-2-4-11-21)25(34)31-17-9-13-24(31)27(37)43-18-7-8-19-44-32(39)40;1-19(45-32(40)41)44-27(37)28-15-6-5-11-21(29-22(25(34)35)14-13-20-9-3-2-4-10-20)24(33)30-16-7-12-23(30)26(36)42-17-8-18-43-31(38)39/h2-4,8-9,20,22-24,30H,5-7,10-19H2,1H3,(H,29,38)(H,35,36);2-4,10-11,20,22-24,30H,5-9,12-19H2,1H3,(H,29,38)(H,35,36);2-4,9-10,19,21-23,29H,5-8,11-18H2,1H3,(H,28,37)(H,34,35). The minimum absolute atomic E-state index is 0.00688. The zero-order valence-corrected chi connectivity index (χ0v) is 77.2. The van der Waals surface area contributed by atoms with Crippen molar-refractivity contribution in [3.8, 4) is 0 Å². The lowest BCUT2D eigenvalue weighted by atomic mass is 10.0. The largest absolute Gasteiger partial charge is 0.480 e. The first-order valence-electron chi connectivity index (χ1n) is 44.6. The SMILES string of the molecule is CC(OC(=O)NCCCCC(NC(CCc1ccccc1)C(=O)O)C(=O)N1CCCC1C(=O)OCCCCO[N+](=O)[O-])O[N+](=O)[O-].CC(OC(=O)NCCCCC(NC(CCc1ccccc1)C(=O)O)C(=O)N1CCCC1C(=O)OCCCO[N+](=O)[O-])O[N+](=O)[O-].CC(OC(=O)NCCCCC(NC(CCc1ccccc1)C(=O)O)C(=O)N1CCCC1C(=O)OCCSCCO[N+](=O)[O-])O[N+](=O)[O-]. The molecule has 0 aromatic heterocycles. The van der Waals surface area contributed by atoms with Crippen LogP contribution in [0, 0.1) is 60.7 Å². The molecule has 3 aliphatic heterocycles. The van der Waals surface area contributed by atoms with Crippen molar-refractivity contribution in [1.29, 1.82) is 0 Å². The molecule has 6 rings (SSSR count). The number of carboxylic acids is 3. The van der Waals surface area contributed by atoms with Gasteiger partial charge in [0.25, 0.3) is 30.5 Å². The molecule has 768 valence electrons. The van der Waals surface area contributed by atoms with E-state index in [0.717, 1.165) is 16.7 Å². The summed E-state index contributed by atoms with van der Waals surface area (Å²) in [5.41, 5.74) is 2.79. The van der Waals surface area contributed by atoms with Gasteiger partial charge in [0.2, 0.25) is 36.6 Å². The van der Waals surface area contributed by atoms with Crippen LogP contribution in [0.2, 0.25) is 0 Å². The summed E-state index contributed by atoms with van der Waals surface area (Å²) in [5.74, 6) is -5.95. The van der Waals surface area contributed by atoms with Crippen molar-refractivity contribution < 1.29 is 161 Å². The summed E-state index contributed by atoms with van der Waals surface area (Å²) in [6.07, 6.45) is 0.996. The number of esters is 3. The van der Waals surface area contributed by atoms with Gasteiger partial charge in [0.15, 0.2) is 0 Å². The van der Waals surface area contributed by atoms with Gasteiger partial charge in [0.05, 0.1) is 44.6 Å². The van der Waals surface area contributed by atoms with Gasteiger partial charge in [0.1, 0.15) is 49.5 Å². The lowest BCUT2D eigenvalue weighted by Crippen LogP contribution is -2.54. The molecule has 3 saturated heterocycles. The van der Waals surface area contributed by atoms with E-state index in [-0.39, 0.29) is 124 Å². The number of hydrogen-bond acceptors (Lipinski definition) is 40. The molecule has 9 N–H and O–H groups in total. The molecule has 3 fully saturated rings. The van der Waals surface area contributed by atoms with Crippen LogP contribution in [0.3, 0.4) is 0 Å². The van der Waals surface area contributed by atoms with E-state index < -0.39 is 176 Å². The van der Waals surface area contributed by atoms with E-state index in [4.69, 9.17) is 28.4 Å². The first-order valence-corrected chi connectivity index (χ1v) is 45.7. The van der Waals surface area contributed by atoms with Crippen molar-refractivity contribution in [1.82, 2.24) is 46.6 Å². The van der Waals surface area contributed by atoms with Gasteiger partial charge in [0, 0.05) is 57.2 Å². The van der Waals surface area contributed by atoms with E-state index in [1.807, 2.05) is 91.0 Å². The number of aryl methyl sites for hydroxylation is 3. The Morgan fingerprint density at radius 3 is 0.928 bits per heavy atom. The maximum atomic E-state index is 13.8. The minimum Gasteiger partial charge on any atom is -0.480 e. The Hall–Kier alpha value is -13.9. The predicted molar refractivity (Wildman–Crippen MR) is 474 cm³/mol. The second-order valence-corrected chi connectivity index (χ2v) is 32.2. The summed E-state index contributed by atoms with van der Waals surface area (Å²) in [5, 5.41) is 102. The Bertz CT molecular complexity index is 4320. The van der Waals surface area contributed by atoms with Gasteiger partial charge in [-0.05, 0) is 185 Å². The molecule has 0 spiro atoms. The highest BCUT2D eigenvalue weighted by Crippen LogP contribution is 2.27. The number of alkyl carbamates (subject to hydrolysis) is 3. The fraction of sp³-hybridized carbons (Fsp3) is 0.639. The molecule has 12 atom stereocenters. The monoisotopic (exact) mass is 1980 g/mol. The molecule has 0 bridgehead atoms.